The molecular weight excluding hydrogens is 342 g/mol. The van der Waals surface area contributed by atoms with Crippen LogP contribution in [0, 0.1) is 0 Å². The highest BCUT2D eigenvalue weighted by Crippen LogP contribution is 2.31. The van der Waals surface area contributed by atoms with E-state index in [9.17, 15) is 25.2 Å². The Morgan fingerprint density at radius 3 is 1.92 bits per heavy atom. The molecule has 1 aromatic carbocycles. The fourth-order valence-electron chi connectivity index (χ4n) is 2.63. The molecule has 136 valence electrons. The lowest BCUT2D eigenvalue weighted by Crippen LogP contribution is -2.55. The van der Waals surface area contributed by atoms with Crippen molar-refractivity contribution in [3.8, 4) is 23.5 Å². The highest BCUT2D eigenvalue weighted by atomic mass is 16.7. The van der Waals surface area contributed by atoms with Crippen LogP contribution in [0.2, 0.25) is 0 Å². The Hall–Kier alpha value is -3.59. The van der Waals surface area contributed by atoms with E-state index in [-0.39, 0.29) is 6.42 Å². The van der Waals surface area contributed by atoms with Crippen molar-refractivity contribution in [2.24, 2.45) is 5.73 Å². The van der Waals surface area contributed by atoms with E-state index in [1.807, 2.05) is 0 Å². The van der Waals surface area contributed by atoms with Crippen molar-refractivity contribution < 1.29 is 30.1 Å². The minimum atomic E-state index is -2.07. The number of carbonyl (C=O) groups excluding carboxylic acids is 1. The first kappa shape index (κ1) is 17.2. The third kappa shape index (κ3) is 2.91. The lowest BCUT2D eigenvalue weighted by Gasteiger charge is -2.29. The number of benzene rings is 1. The molecule has 0 aliphatic heterocycles. The maximum atomic E-state index is 12.8. The number of hydrogen-bond acceptors (Lipinski definition) is 7. The van der Waals surface area contributed by atoms with Crippen LogP contribution < -0.4 is 10.6 Å². The van der Waals surface area contributed by atoms with E-state index in [2.05, 4.69) is 0 Å². The average molecular weight is 359 g/mol. The van der Waals surface area contributed by atoms with Crippen LogP contribution in [-0.4, -0.2) is 35.7 Å². The second-order valence-electron chi connectivity index (χ2n) is 5.69. The number of carbonyl (C=O) groups is 1. The summed E-state index contributed by atoms with van der Waals surface area (Å²) in [5.41, 5.74) is 4.81. The zero-order chi connectivity index (χ0) is 18.9. The second-order valence-corrected chi connectivity index (χ2v) is 5.69. The van der Waals surface area contributed by atoms with Crippen molar-refractivity contribution in [3.63, 3.8) is 0 Å². The molecule has 3 aromatic rings. The number of hydrogen-bond donors (Lipinski definition) is 5. The molecule has 6 N–H and O–H groups in total. The van der Waals surface area contributed by atoms with Crippen molar-refractivity contribution in [1.82, 2.24) is 9.30 Å². The van der Waals surface area contributed by atoms with Gasteiger partial charge in [-0.3, -0.25) is 10.3 Å². The lowest BCUT2D eigenvalue weighted by molar-refractivity contribution is -0.156. The number of nitrogens with two attached hydrogens (primary N) is 1. The van der Waals surface area contributed by atoms with Gasteiger partial charge < -0.3 is 25.3 Å². The SMILES string of the molecule is NC(Cc1ccccc1)(C(=O)On1c(O)ccc1O)n1c(O)ccc1O. The average Bonchev–Trinajstić information content (AvgIpc) is 3.11. The lowest BCUT2D eigenvalue weighted by atomic mass is 10.00. The van der Waals surface area contributed by atoms with Gasteiger partial charge in [-0.15, -0.1) is 4.73 Å². The monoisotopic (exact) mass is 359 g/mol. The Balaban J connectivity index is 2.04. The number of nitrogens with zero attached hydrogens (tertiary/aromatic N) is 2. The molecule has 9 heteroatoms. The summed E-state index contributed by atoms with van der Waals surface area (Å²) in [6.07, 6.45) is -0.148. The number of aromatic hydroxyl groups is 4. The zero-order valence-corrected chi connectivity index (χ0v) is 13.5. The van der Waals surface area contributed by atoms with E-state index >= 15 is 0 Å². The van der Waals surface area contributed by atoms with Crippen LogP contribution in [0.15, 0.2) is 54.6 Å². The summed E-state index contributed by atoms with van der Waals surface area (Å²) in [6, 6.07) is 13.2. The molecule has 26 heavy (non-hydrogen) atoms. The normalized spacial score (nSPS) is 13.3. The van der Waals surface area contributed by atoms with Gasteiger partial charge in [-0.2, -0.15) is 0 Å². The van der Waals surface area contributed by atoms with Gasteiger partial charge in [0.05, 0.1) is 0 Å². The van der Waals surface area contributed by atoms with Crippen LogP contribution in [0.3, 0.4) is 0 Å². The summed E-state index contributed by atoms with van der Waals surface area (Å²) >= 11 is 0. The quantitative estimate of drug-likeness (QED) is 0.449. The van der Waals surface area contributed by atoms with Gasteiger partial charge in [0.25, 0.3) is 0 Å². The van der Waals surface area contributed by atoms with Crippen molar-refractivity contribution in [1.29, 1.82) is 0 Å². The van der Waals surface area contributed by atoms with E-state index in [1.54, 1.807) is 30.3 Å². The topological polar surface area (TPSA) is 143 Å². The molecule has 0 saturated carbocycles. The van der Waals surface area contributed by atoms with Gasteiger partial charge in [-0.1, -0.05) is 30.3 Å². The van der Waals surface area contributed by atoms with E-state index in [0.29, 0.717) is 10.3 Å². The fraction of sp³-hybridized carbons (Fsp3) is 0.118. The first-order chi connectivity index (χ1) is 12.3. The molecule has 3 rings (SSSR count). The number of aromatic nitrogens is 2. The molecule has 0 amide bonds. The molecule has 0 radical (unpaired) electrons. The first-order valence-corrected chi connectivity index (χ1v) is 7.58. The van der Waals surface area contributed by atoms with Crippen molar-refractivity contribution >= 4 is 5.97 Å². The van der Waals surface area contributed by atoms with Crippen LogP contribution in [0.1, 0.15) is 5.56 Å². The molecule has 0 saturated heterocycles. The fourth-order valence-corrected chi connectivity index (χ4v) is 2.63. The van der Waals surface area contributed by atoms with E-state index in [1.165, 1.54) is 12.1 Å². The van der Waals surface area contributed by atoms with Gasteiger partial charge in [0.2, 0.25) is 17.4 Å². The van der Waals surface area contributed by atoms with Gasteiger partial charge in [0, 0.05) is 30.7 Å². The van der Waals surface area contributed by atoms with Gasteiger partial charge in [0.15, 0.2) is 11.8 Å². The Bertz CT molecular complexity index is 894. The molecular formula is C17H17N3O6. The standard InChI is InChI=1S/C17H17N3O6/c18-17(10-11-4-2-1-3-5-11,19-12(21)6-7-13(19)22)16(25)26-20-14(23)8-9-15(20)24/h1-9,21-24H,10,18H2. The maximum absolute atomic E-state index is 12.8. The Morgan fingerprint density at radius 1 is 0.885 bits per heavy atom. The molecule has 2 heterocycles. The largest absolute Gasteiger partial charge is 0.494 e. The second kappa shape index (κ2) is 6.37. The molecule has 9 nitrogen and oxygen atoms in total. The highest BCUT2D eigenvalue weighted by Gasteiger charge is 2.42. The summed E-state index contributed by atoms with van der Waals surface area (Å²) in [5.74, 6) is -3.11. The van der Waals surface area contributed by atoms with E-state index in [4.69, 9.17) is 10.6 Å². The van der Waals surface area contributed by atoms with E-state index < -0.39 is 35.2 Å². The zero-order valence-electron chi connectivity index (χ0n) is 13.5. The predicted molar refractivity (Wildman–Crippen MR) is 89.4 cm³/mol. The van der Waals surface area contributed by atoms with Crippen LogP contribution in [-0.2, 0) is 16.9 Å². The van der Waals surface area contributed by atoms with Crippen LogP contribution >= 0.6 is 0 Å². The van der Waals surface area contributed by atoms with Gasteiger partial charge >= 0.3 is 5.97 Å². The molecule has 0 aliphatic rings. The smallest absolute Gasteiger partial charge is 0.373 e. The van der Waals surface area contributed by atoms with Crippen molar-refractivity contribution in [3.05, 3.63) is 60.2 Å². The summed E-state index contributed by atoms with van der Waals surface area (Å²) < 4.78 is 1.28. The molecule has 1 atom stereocenters. The first-order valence-electron chi connectivity index (χ1n) is 7.58. The van der Waals surface area contributed by atoms with Crippen LogP contribution in [0.4, 0.5) is 0 Å². The predicted octanol–water partition coefficient (Wildman–Crippen LogP) is 0.622. The Labute approximate surface area is 147 Å². The van der Waals surface area contributed by atoms with Crippen molar-refractivity contribution in [2.45, 2.75) is 12.1 Å². The maximum Gasteiger partial charge on any atom is 0.373 e. The van der Waals surface area contributed by atoms with E-state index in [0.717, 1.165) is 16.7 Å². The van der Waals surface area contributed by atoms with Crippen LogP contribution in [0.5, 0.6) is 23.5 Å². The minimum Gasteiger partial charge on any atom is -0.494 e. The summed E-state index contributed by atoms with van der Waals surface area (Å²) in [4.78, 5) is 17.8. The third-order valence-corrected chi connectivity index (χ3v) is 3.88. The highest BCUT2D eigenvalue weighted by molar-refractivity contribution is 5.80. The Morgan fingerprint density at radius 2 is 1.38 bits per heavy atom. The number of rotatable bonds is 5. The molecule has 0 bridgehead atoms. The van der Waals surface area contributed by atoms with Gasteiger partial charge in [-0.25, -0.2) is 4.79 Å². The molecule has 0 spiro atoms. The molecule has 2 aromatic heterocycles. The third-order valence-electron chi connectivity index (χ3n) is 3.88. The summed E-state index contributed by atoms with van der Waals surface area (Å²) in [7, 11) is 0. The molecule has 0 fully saturated rings. The Kier molecular flexibility index (Phi) is 4.23. The molecule has 0 aliphatic carbocycles. The van der Waals surface area contributed by atoms with Crippen molar-refractivity contribution in [2.75, 3.05) is 0 Å². The molecule has 1 unspecified atom stereocenters. The summed E-state index contributed by atoms with van der Waals surface area (Å²) in [6.45, 7) is 0. The van der Waals surface area contributed by atoms with Gasteiger partial charge in [0.1, 0.15) is 0 Å². The van der Waals surface area contributed by atoms with Gasteiger partial charge in [-0.05, 0) is 5.56 Å². The summed E-state index contributed by atoms with van der Waals surface area (Å²) in [5, 5.41) is 39.4. The van der Waals surface area contributed by atoms with Crippen LogP contribution in [0.25, 0.3) is 0 Å². The minimum absolute atomic E-state index is 0.148.